The number of halogens is 1. The first-order valence-electron chi connectivity index (χ1n) is 9.71. The van der Waals surface area contributed by atoms with E-state index in [1.165, 1.54) is 16.4 Å². The first-order chi connectivity index (χ1) is 13.9. The van der Waals surface area contributed by atoms with Gasteiger partial charge in [0.25, 0.3) is 0 Å². The van der Waals surface area contributed by atoms with Crippen molar-refractivity contribution in [2.24, 2.45) is 0 Å². The highest BCUT2D eigenvalue weighted by Crippen LogP contribution is 2.27. The van der Waals surface area contributed by atoms with E-state index >= 15 is 0 Å². The van der Waals surface area contributed by atoms with Crippen molar-refractivity contribution < 1.29 is 13.2 Å². The van der Waals surface area contributed by atoms with Crippen LogP contribution >= 0.6 is 11.6 Å². The summed E-state index contributed by atoms with van der Waals surface area (Å²) >= 11 is 5.86. The van der Waals surface area contributed by atoms with Gasteiger partial charge in [0, 0.05) is 37.4 Å². The number of benzene rings is 2. The van der Waals surface area contributed by atoms with Gasteiger partial charge in [0.1, 0.15) is 6.04 Å². The number of hydrogen-bond acceptors (Lipinski definition) is 4. The van der Waals surface area contributed by atoms with E-state index in [1.54, 1.807) is 12.1 Å². The summed E-state index contributed by atoms with van der Waals surface area (Å²) in [6, 6.07) is 15.4. The van der Waals surface area contributed by atoms with E-state index in [9.17, 15) is 13.2 Å². The molecule has 1 aliphatic rings. The number of hydrogen-bond donors (Lipinski definition) is 1. The number of amides is 1. The van der Waals surface area contributed by atoms with Crippen LogP contribution in [0.2, 0.25) is 5.02 Å². The topological polar surface area (TPSA) is 69.7 Å². The Bertz CT molecular complexity index is 920. The second-order valence-electron chi connectivity index (χ2n) is 7.13. The van der Waals surface area contributed by atoms with E-state index in [0.717, 1.165) is 18.7 Å². The van der Waals surface area contributed by atoms with Crippen molar-refractivity contribution in [2.75, 3.05) is 31.6 Å². The molecule has 29 heavy (non-hydrogen) atoms. The molecule has 0 spiro atoms. The number of sulfonamides is 1. The Morgan fingerprint density at radius 1 is 1.17 bits per heavy atom. The van der Waals surface area contributed by atoms with Crippen molar-refractivity contribution in [1.82, 2.24) is 9.62 Å². The molecule has 1 saturated heterocycles. The first-order valence-corrected chi connectivity index (χ1v) is 11.5. The Balaban J connectivity index is 1.54. The molecule has 1 fully saturated rings. The lowest BCUT2D eigenvalue weighted by Crippen LogP contribution is -2.46. The SMILES string of the molecule is CN(CCCNC(=O)C1CCCN1S(=O)(=O)c1ccc(Cl)cc1)c1ccccc1. The van der Waals surface area contributed by atoms with E-state index in [0.29, 0.717) is 31.0 Å². The van der Waals surface area contributed by atoms with Crippen LogP contribution in [-0.2, 0) is 14.8 Å². The molecule has 0 radical (unpaired) electrons. The van der Waals surface area contributed by atoms with Crippen LogP contribution in [0.3, 0.4) is 0 Å². The zero-order chi connectivity index (χ0) is 20.9. The van der Waals surface area contributed by atoms with Crippen LogP contribution in [0.25, 0.3) is 0 Å². The van der Waals surface area contributed by atoms with Crippen LogP contribution in [0.5, 0.6) is 0 Å². The number of carbonyl (C=O) groups excluding carboxylic acids is 1. The van der Waals surface area contributed by atoms with Gasteiger partial charge in [0.15, 0.2) is 0 Å². The highest BCUT2D eigenvalue weighted by atomic mass is 35.5. The van der Waals surface area contributed by atoms with Crippen molar-refractivity contribution >= 4 is 33.2 Å². The molecule has 1 heterocycles. The fourth-order valence-corrected chi connectivity index (χ4v) is 5.27. The highest BCUT2D eigenvalue weighted by molar-refractivity contribution is 7.89. The molecule has 1 aliphatic heterocycles. The van der Waals surface area contributed by atoms with Crippen molar-refractivity contribution in [3.63, 3.8) is 0 Å². The molecular formula is C21H26ClN3O3S. The Morgan fingerprint density at radius 2 is 1.86 bits per heavy atom. The minimum Gasteiger partial charge on any atom is -0.375 e. The Morgan fingerprint density at radius 3 is 2.55 bits per heavy atom. The van der Waals surface area contributed by atoms with Crippen LogP contribution in [0.4, 0.5) is 5.69 Å². The molecule has 0 bridgehead atoms. The second-order valence-corrected chi connectivity index (χ2v) is 9.46. The zero-order valence-corrected chi connectivity index (χ0v) is 18.0. The van der Waals surface area contributed by atoms with Gasteiger partial charge in [-0.25, -0.2) is 8.42 Å². The van der Waals surface area contributed by atoms with Crippen molar-refractivity contribution in [3.05, 3.63) is 59.6 Å². The first kappa shape index (κ1) is 21.6. The average molecular weight is 436 g/mol. The molecule has 2 aromatic carbocycles. The van der Waals surface area contributed by atoms with Gasteiger partial charge in [-0.1, -0.05) is 29.8 Å². The molecule has 0 aliphatic carbocycles. The lowest BCUT2D eigenvalue weighted by molar-refractivity contribution is -0.124. The van der Waals surface area contributed by atoms with Crippen LogP contribution < -0.4 is 10.2 Å². The summed E-state index contributed by atoms with van der Waals surface area (Å²) in [5.74, 6) is -0.234. The summed E-state index contributed by atoms with van der Waals surface area (Å²) in [7, 11) is -1.72. The van der Waals surface area contributed by atoms with Crippen LogP contribution in [0, 0.1) is 0 Å². The Labute approximate surface area is 177 Å². The second kappa shape index (κ2) is 9.61. The monoisotopic (exact) mass is 435 g/mol. The molecule has 1 N–H and O–H groups in total. The third kappa shape index (κ3) is 5.29. The van der Waals surface area contributed by atoms with Crippen LogP contribution in [0.1, 0.15) is 19.3 Å². The maximum atomic E-state index is 12.9. The summed E-state index contributed by atoms with van der Waals surface area (Å²) in [4.78, 5) is 14.9. The van der Waals surface area contributed by atoms with Gasteiger partial charge in [0.05, 0.1) is 4.90 Å². The summed E-state index contributed by atoms with van der Waals surface area (Å²) in [6.45, 7) is 1.64. The standard InChI is InChI=1S/C21H26ClN3O3S/c1-24(18-7-3-2-4-8-18)15-6-14-23-21(26)20-9-5-16-25(20)29(27,28)19-12-10-17(22)11-13-19/h2-4,7-8,10-13,20H,5-6,9,14-16H2,1H3,(H,23,26). The molecule has 6 nitrogen and oxygen atoms in total. The number of anilines is 1. The molecule has 1 unspecified atom stereocenters. The van der Waals surface area contributed by atoms with E-state index in [2.05, 4.69) is 10.2 Å². The maximum Gasteiger partial charge on any atom is 0.243 e. The maximum absolute atomic E-state index is 12.9. The van der Waals surface area contributed by atoms with Crippen molar-refractivity contribution in [3.8, 4) is 0 Å². The van der Waals surface area contributed by atoms with Gasteiger partial charge < -0.3 is 10.2 Å². The van der Waals surface area contributed by atoms with Gasteiger partial charge in [0.2, 0.25) is 15.9 Å². The summed E-state index contributed by atoms with van der Waals surface area (Å²) in [5.41, 5.74) is 1.12. The minimum absolute atomic E-state index is 0.158. The average Bonchev–Trinajstić information content (AvgIpc) is 3.23. The molecule has 1 atom stereocenters. The fourth-order valence-electron chi connectivity index (χ4n) is 3.49. The number of nitrogens with zero attached hydrogens (tertiary/aromatic N) is 2. The highest BCUT2D eigenvalue weighted by Gasteiger charge is 2.39. The number of carbonyl (C=O) groups is 1. The number of para-hydroxylation sites is 1. The van der Waals surface area contributed by atoms with Crippen molar-refractivity contribution in [1.29, 1.82) is 0 Å². The van der Waals surface area contributed by atoms with Gasteiger partial charge in [-0.3, -0.25) is 4.79 Å². The van der Waals surface area contributed by atoms with Gasteiger partial charge in [-0.05, 0) is 55.7 Å². The normalized spacial score (nSPS) is 17.2. The molecule has 2 aromatic rings. The molecule has 0 saturated carbocycles. The zero-order valence-electron chi connectivity index (χ0n) is 16.4. The molecule has 0 aromatic heterocycles. The third-order valence-corrected chi connectivity index (χ3v) is 7.27. The lowest BCUT2D eigenvalue weighted by atomic mass is 10.2. The lowest BCUT2D eigenvalue weighted by Gasteiger charge is -2.24. The van der Waals surface area contributed by atoms with Crippen LogP contribution in [0.15, 0.2) is 59.5 Å². The number of rotatable bonds is 8. The number of nitrogens with one attached hydrogen (secondary N) is 1. The van der Waals surface area contributed by atoms with Crippen molar-refractivity contribution in [2.45, 2.75) is 30.2 Å². The van der Waals surface area contributed by atoms with Crippen LogP contribution in [-0.4, -0.2) is 51.4 Å². The molecule has 1 amide bonds. The van der Waals surface area contributed by atoms with E-state index in [1.807, 2.05) is 37.4 Å². The van der Waals surface area contributed by atoms with Gasteiger partial charge in [-0.15, -0.1) is 0 Å². The Hall–Kier alpha value is -2.09. The summed E-state index contributed by atoms with van der Waals surface area (Å²) < 4.78 is 27.2. The van der Waals surface area contributed by atoms with Gasteiger partial charge >= 0.3 is 0 Å². The summed E-state index contributed by atoms with van der Waals surface area (Å²) in [6.07, 6.45) is 1.97. The minimum atomic E-state index is -3.72. The molecular weight excluding hydrogens is 410 g/mol. The van der Waals surface area contributed by atoms with Gasteiger partial charge in [-0.2, -0.15) is 4.31 Å². The molecule has 8 heteroatoms. The molecule has 3 rings (SSSR count). The van der Waals surface area contributed by atoms with E-state index < -0.39 is 16.1 Å². The Kier molecular flexibility index (Phi) is 7.16. The van der Waals surface area contributed by atoms with E-state index in [-0.39, 0.29) is 10.8 Å². The third-order valence-electron chi connectivity index (χ3n) is 5.09. The largest absolute Gasteiger partial charge is 0.375 e. The fraction of sp³-hybridized carbons (Fsp3) is 0.381. The van der Waals surface area contributed by atoms with E-state index in [4.69, 9.17) is 11.6 Å². The predicted octanol–water partition coefficient (Wildman–Crippen LogP) is 3.14. The molecule has 156 valence electrons. The quantitative estimate of drug-likeness (QED) is 0.647. The smallest absolute Gasteiger partial charge is 0.243 e. The summed E-state index contributed by atoms with van der Waals surface area (Å²) in [5, 5.41) is 3.37. The predicted molar refractivity (Wildman–Crippen MR) is 116 cm³/mol.